The fraction of sp³-hybridized carbons (Fsp3) is 0.500. The molecule has 2 rings (SSSR count). The van der Waals surface area contributed by atoms with Gasteiger partial charge in [0.2, 0.25) is 5.78 Å². The molecule has 3 nitrogen and oxygen atoms in total. The SMILES string of the molecule is COC1=CC(=O)C2CC(C)=CCC2C1=O. The van der Waals surface area contributed by atoms with Gasteiger partial charge in [-0.3, -0.25) is 9.59 Å². The molecule has 0 amide bonds. The Labute approximate surface area is 88.8 Å². The van der Waals surface area contributed by atoms with E-state index in [1.165, 1.54) is 18.8 Å². The van der Waals surface area contributed by atoms with E-state index >= 15 is 0 Å². The average Bonchev–Trinajstić information content (AvgIpc) is 2.23. The lowest BCUT2D eigenvalue weighted by Crippen LogP contribution is -2.36. The van der Waals surface area contributed by atoms with Crippen molar-refractivity contribution in [3.8, 4) is 0 Å². The van der Waals surface area contributed by atoms with Crippen LogP contribution >= 0.6 is 0 Å². The summed E-state index contributed by atoms with van der Waals surface area (Å²) in [6.45, 7) is 2.00. The number of fused-ring (bicyclic) bond motifs is 1. The number of Topliss-reactive ketones (excluding diaryl/α,β-unsaturated/α-hetero) is 1. The Balaban J connectivity index is 2.33. The highest BCUT2D eigenvalue weighted by atomic mass is 16.5. The van der Waals surface area contributed by atoms with Gasteiger partial charge in [0.25, 0.3) is 0 Å². The first kappa shape index (κ1) is 10.1. The number of allylic oxidation sites excluding steroid dienone is 4. The molecular formula is C12H14O3. The molecule has 0 N–H and O–H groups in total. The van der Waals surface area contributed by atoms with Crippen LogP contribution in [0.4, 0.5) is 0 Å². The zero-order chi connectivity index (χ0) is 11.0. The summed E-state index contributed by atoms with van der Waals surface area (Å²) >= 11 is 0. The molecule has 0 aliphatic heterocycles. The van der Waals surface area contributed by atoms with E-state index < -0.39 is 0 Å². The Kier molecular flexibility index (Phi) is 2.47. The van der Waals surface area contributed by atoms with E-state index in [1.54, 1.807) is 0 Å². The smallest absolute Gasteiger partial charge is 0.201 e. The maximum absolute atomic E-state index is 11.9. The van der Waals surface area contributed by atoms with E-state index in [0.29, 0.717) is 12.8 Å². The minimum Gasteiger partial charge on any atom is -0.493 e. The van der Waals surface area contributed by atoms with Gasteiger partial charge in [0, 0.05) is 17.9 Å². The first-order chi connectivity index (χ1) is 7.13. The summed E-state index contributed by atoms with van der Waals surface area (Å²) in [4.78, 5) is 23.6. The minimum absolute atomic E-state index is 0.0224. The van der Waals surface area contributed by atoms with Crippen molar-refractivity contribution in [1.29, 1.82) is 0 Å². The predicted molar refractivity (Wildman–Crippen MR) is 55.1 cm³/mol. The Morgan fingerprint density at radius 3 is 2.73 bits per heavy atom. The van der Waals surface area contributed by atoms with Gasteiger partial charge in [-0.05, 0) is 19.8 Å². The Hall–Kier alpha value is -1.38. The van der Waals surface area contributed by atoms with Crippen molar-refractivity contribution < 1.29 is 14.3 Å². The molecule has 2 aliphatic rings. The quantitative estimate of drug-likeness (QED) is 0.612. The number of carbonyl (C=O) groups excluding carboxylic acids is 2. The van der Waals surface area contributed by atoms with E-state index in [0.717, 1.165) is 0 Å². The molecule has 0 spiro atoms. The molecule has 0 radical (unpaired) electrons. The summed E-state index contributed by atoms with van der Waals surface area (Å²) in [7, 11) is 1.43. The van der Waals surface area contributed by atoms with Crippen LogP contribution in [0.25, 0.3) is 0 Å². The highest BCUT2D eigenvalue weighted by Gasteiger charge is 2.40. The van der Waals surface area contributed by atoms with Crippen LogP contribution in [0.2, 0.25) is 0 Å². The molecule has 2 aliphatic carbocycles. The molecule has 0 heterocycles. The van der Waals surface area contributed by atoms with Crippen molar-refractivity contribution in [2.24, 2.45) is 11.8 Å². The summed E-state index contributed by atoms with van der Waals surface area (Å²) < 4.78 is 4.92. The third-order valence-electron chi connectivity index (χ3n) is 3.19. The van der Waals surface area contributed by atoms with E-state index in [9.17, 15) is 9.59 Å². The summed E-state index contributed by atoms with van der Waals surface area (Å²) in [5.74, 6) is -0.119. The van der Waals surface area contributed by atoms with E-state index in [4.69, 9.17) is 4.74 Å². The first-order valence-corrected chi connectivity index (χ1v) is 5.13. The second kappa shape index (κ2) is 3.65. The van der Waals surface area contributed by atoms with Crippen LogP contribution in [-0.4, -0.2) is 18.7 Å². The predicted octanol–water partition coefficient (Wildman–Crippen LogP) is 1.64. The Morgan fingerprint density at radius 2 is 2.07 bits per heavy atom. The molecule has 0 fully saturated rings. The zero-order valence-electron chi connectivity index (χ0n) is 8.95. The fourth-order valence-electron chi connectivity index (χ4n) is 2.30. The van der Waals surface area contributed by atoms with Crippen LogP contribution in [0.5, 0.6) is 0 Å². The van der Waals surface area contributed by atoms with Crippen molar-refractivity contribution in [1.82, 2.24) is 0 Å². The minimum atomic E-state index is -0.193. The van der Waals surface area contributed by atoms with Gasteiger partial charge in [-0.25, -0.2) is 0 Å². The summed E-state index contributed by atoms with van der Waals surface area (Å²) in [5.41, 5.74) is 1.20. The molecule has 0 aromatic carbocycles. The lowest BCUT2D eigenvalue weighted by atomic mass is 9.72. The van der Waals surface area contributed by atoms with E-state index in [-0.39, 0.29) is 29.2 Å². The third kappa shape index (κ3) is 1.62. The number of carbonyl (C=O) groups is 2. The van der Waals surface area contributed by atoms with Gasteiger partial charge in [0.05, 0.1) is 7.11 Å². The summed E-state index contributed by atoms with van der Waals surface area (Å²) in [6.07, 6.45) is 4.78. The molecule has 80 valence electrons. The molecular weight excluding hydrogens is 192 g/mol. The first-order valence-electron chi connectivity index (χ1n) is 5.13. The molecule has 0 bridgehead atoms. The largest absolute Gasteiger partial charge is 0.493 e. The average molecular weight is 206 g/mol. The Morgan fingerprint density at radius 1 is 1.33 bits per heavy atom. The lowest BCUT2D eigenvalue weighted by Gasteiger charge is -2.31. The summed E-state index contributed by atoms with van der Waals surface area (Å²) in [5, 5.41) is 0. The highest BCUT2D eigenvalue weighted by Crippen LogP contribution is 2.35. The van der Waals surface area contributed by atoms with Gasteiger partial charge in [0.1, 0.15) is 0 Å². The molecule has 0 saturated carbocycles. The number of ether oxygens (including phenoxy) is 1. The van der Waals surface area contributed by atoms with Gasteiger partial charge in [0.15, 0.2) is 11.5 Å². The van der Waals surface area contributed by atoms with E-state index in [1.807, 2.05) is 13.0 Å². The molecule has 0 aromatic rings. The molecule has 3 heteroatoms. The molecule has 0 aromatic heterocycles. The van der Waals surface area contributed by atoms with Crippen LogP contribution in [-0.2, 0) is 14.3 Å². The number of methoxy groups -OCH3 is 1. The zero-order valence-corrected chi connectivity index (χ0v) is 8.95. The lowest BCUT2D eigenvalue weighted by molar-refractivity contribution is -0.132. The number of rotatable bonds is 1. The second-order valence-corrected chi connectivity index (χ2v) is 4.18. The maximum atomic E-state index is 11.9. The van der Waals surface area contributed by atoms with Gasteiger partial charge in [-0.1, -0.05) is 11.6 Å². The van der Waals surface area contributed by atoms with E-state index in [2.05, 4.69) is 0 Å². The molecule has 0 saturated heterocycles. The number of hydrogen-bond acceptors (Lipinski definition) is 3. The molecule has 2 unspecified atom stereocenters. The second-order valence-electron chi connectivity index (χ2n) is 4.18. The van der Waals surface area contributed by atoms with Gasteiger partial charge < -0.3 is 4.74 Å². The number of ketones is 2. The van der Waals surface area contributed by atoms with Crippen molar-refractivity contribution in [3.05, 3.63) is 23.5 Å². The van der Waals surface area contributed by atoms with Gasteiger partial charge >= 0.3 is 0 Å². The monoisotopic (exact) mass is 206 g/mol. The standard InChI is InChI=1S/C12H14O3/c1-7-3-4-8-9(5-7)10(13)6-11(15-2)12(8)14/h3,6,8-9H,4-5H2,1-2H3. The van der Waals surface area contributed by atoms with Crippen molar-refractivity contribution in [2.75, 3.05) is 7.11 Å². The molecule has 2 atom stereocenters. The Bertz CT molecular complexity index is 376. The molecule has 15 heavy (non-hydrogen) atoms. The highest BCUT2D eigenvalue weighted by molar-refractivity contribution is 6.09. The van der Waals surface area contributed by atoms with Crippen molar-refractivity contribution in [2.45, 2.75) is 19.8 Å². The van der Waals surface area contributed by atoms with Crippen LogP contribution in [0.1, 0.15) is 19.8 Å². The van der Waals surface area contributed by atoms with Gasteiger partial charge in [-0.15, -0.1) is 0 Å². The van der Waals surface area contributed by atoms with Crippen LogP contribution in [0, 0.1) is 11.8 Å². The topological polar surface area (TPSA) is 43.4 Å². The van der Waals surface area contributed by atoms with Crippen LogP contribution in [0.3, 0.4) is 0 Å². The van der Waals surface area contributed by atoms with Crippen LogP contribution < -0.4 is 0 Å². The van der Waals surface area contributed by atoms with Crippen LogP contribution in [0.15, 0.2) is 23.5 Å². The van der Waals surface area contributed by atoms with Crippen molar-refractivity contribution >= 4 is 11.6 Å². The normalized spacial score (nSPS) is 30.5. The number of hydrogen-bond donors (Lipinski definition) is 0. The van der Waals surface area contributed by atoms with Gasteiger partial charge in [-0.2, -0.15) is 0 Å². The van der Waals surface area contributed by atoms with Crippen molar-refractivity contribution in [3.63, 3.8) is 0 Å². The fourth-order valence-corrected chi connectivity index (χ4v) is 2.30. The third-order valence-corrected chi connectivity index (χ3v) is 3.19. The summed E-state index contributed by atoms with van der Waals surface area (Å²) in [6, 6.07) is 0. The maximum Gasteiger partial charge on any atom is 0.201 e.